The van der Waals surface area contributed by atoms with Crippen LogP contribution in [0.5, 0.6) is 0 Å². The summed E-state index contributed by atoms with van der Waals surface area (Å²) in [5.74, 6) is 0.185. The van der Waals surface area contributed by atoms with Gasteiger partial charge < -0.3 is 9.47 Å². The Kier molecular flexibility index (Phi) is 4.34. The summed E-state index contributed by atoms with van der Waals surface area (Å²) in [5.41, 5.74) is 0.678. The van der Waals surface area contributed by atoms with Gasteiger partial charge in [-0.1, -0.05) is 41.5 Å². The van der Waals surface area contributed by atoms with Gasteiger partial charge in [0.2, 0.25) is 0 Å². The SMILES string of the molecule is CC1(C)[C@H]2CC[C@]1(C)C[C@@H]2OC(=O)/C=C\C(=O)O[C@H]1C[C@@H]2CC[C@@]1(C)C2(C)C. The maximum atomic E-state index is 12.3. The number of carbonyl (C=O) groups is 2. The van der Waals surface area contributed by atoms with Gasteiger partial charge in [-0.15, -0.1) is 0 Å². The van der Waals surface area contributed by atoms with Crippen molar-refractivity contribution in [2.45, 2.75) is 92.3 Å². The Labute approximate surface area is 169 Å². The monoisotopic (exact) mass is 388 g/mol. The topological polar surface area (TPSA) is 52.6 Å². The Balaban J connectivity index is 1.32. The summed E-state index contributed by atoms with van der Waals surface area (Å²) in [7, 11) is 0. The molecule has 4 nitrogen and oxygen atoms in total. The van der Waals surface area contributed by atoms with Crippen LogP contribution in [-0.2, 0) is 19.1 Å². The Morgan fingerprint density at radius 3 is 1.96 bits per heavy atom. The number of hydrogen-bond acceptors (Lipinski definition) is 4. The van der Waals surface area contributed by atoms with E-state index in [2.05, 4.69) is 41.5 Å². The summed E-state index contributed by atoms with van der Waals surface area (Å²) in [5, 5.41) is 0. The van der Waals surface area contributed by atoms with Crippen molar-refractivity contribution in [2.24, 2.45) is 33.5 Å². The summed E-state index contributed by atoms with van der Waals surface area (Å²) >= 11 is 0. The normalized spacial score (nSPS) is 44.9. The van der Waals surface area contributed by atoms with Crippen LogP contribution >= 0.6 is 0 Å². The first-order valence-electron chi connectivity index (χ1n) is 11.0. The van der Waals surface area contributed by atoms with Crippen LogP contribution in [0, 0.1) is 33.5 Å². The second-order valence-corrected chi connectivity index (χ2v) is 11.5. The molecule has 4 fully saturated rings. The van der Waals surface area contributed by atoms with Crippen molar-refractivity contribution in [3.63, 3.8) is 0 Å². The van der Waals surface area contributed by atoms with E-state index in [-0.39, 0.29) is 33.9 Å². The third kappa shape index (κ3) is 2.62. The lowest BCUT2D eigenvalue weighted by Gasteiger charge is -2.38. The molecule has 6 atom stereocenters. The fourth-order valence-electron chi connectivity index (χ4n) is 7.14. The van der Waals surface area contributed by atoms with E-state index in [9.17, 15) is 9.59 Å². The Morgan fingerprint density at radius 2 is 1.50 bits per heavy atom. The van der Waals surface area contributed by atoms with Crippen molar-refractivity contribution in [1.29, 1.82) is 0 Å². The zero-order valence-electron chi connectivity index (χ0n) is 18.3. The van der Waals surface area contributed by atoms with Crippen molar-refractivity contribution < 1.29 is 19.1 Å². The first-order valence-corrected chi connectivity index (χ1v) is 11.0. The minimum Gasteiger partial charge on any atom is -0.459 e. The molecule has 0 aromatic carbocycles. The van der Waals surface area contributed by atoms with E-state index < -0.39 is 11.9 Å². The number of esters is 2. The Bertz CT molecular complexity index is 717. The molecule has 0 N–H and O–H groups in total. The summed E-state index contributed by atoms with van der Waals surface area (Å²) in [6.45, 7) is 13.7. The molecule has 0 spiro atoms. The van der Waals surface area contributed by atoms with Crippen LogP contribution in [0.1, 0.15) is 80.1 Å². The maximum absolute atomic E-state index is 12.3. The zero-order valence-corrected chi connectivity index (χ0v) is 18.3. The summed E-state index contributed by atoms with van der Waals surface area (Å²) in [6, 6.07) is 0. The zero-order chi connectivity index (χ0) is 20.5. The molecule has 4 saturated carbocycles. The van der Waals surface area contributed by atoms with Gasteiger partial charge >= 0.3 is 11.9 Å². The largest absolute Gasteiger partial charge is 0.459 e. The van der Waals surface area contributed by atoms with E-state index >= 15 is 0 Å². The first-order chi connectivity index (χ1) is 12.9. The molecular weight excluding hydrogens is 352 g/mol. The van der Waals surface area contributed by atoms with Gasteiger partial charge in [-0.2, -0.15) is 0 Å². The van der Waals surface area contributed by atoms with Crippen LogP contribution in [0.15, 0.2) is 12.2 Å². The van der Waals surface area contributed by atoms with Gasteiger partial charge in [0.25, 0.3) is 0 Å². The fraction of sp³-hybridized carbons (Fsp3) is 0.833. The minimum absolute atomic E-state index is 0.0335. The van der Waals surface area contributed by atoms with Crippen molar-refractivity contribution in [2.75, 3.05) is 0 Å². The molecule has 156 valence electrons. The van der Waals surface area contributed by atoms with Crippen molar-refractivity contribution in [1.82, 2.24) is 0 Å². The molecule has 28 heavy (non-hydrogen) atoms. The molecule has 4 heteroatoms. The van der Waals surface area contributed by atoms with Crippen LogP contribution in [-0.4, -0.2) is 24.1 Å². The molecule has 0 aromatic rings. The quantitative estimate of drug-likeness (QED) is 0.499. The Hall–Kier alpha value is -1.32. The molecule has 0 saturated heterocycles. The number of ether oxygens (including phenoxy) is 2. The molecule has 4 aliphatic rings. The number of rotatable bonds is 4. The molecule has 0 heterocycles. The summed E-state index contributed by atoms with van der Waals surface area (Å²) in [6.07, 6.45) is 8.92. The van der Waals surface area contributed by atoms with Crippen molar-refractivity contribution in [3.05, 3.63) is 12.2 Å². The number of carbonyl (C=O) groups excluding carboxylic acids is 2. The van der Waals surface area contributed by atoms with E-state index in [0.717, 1.165) is 25.7 Å². The van der Waals surface area contributed by atoms with Gasteiger partial charge in [0, 0.05) is 23.5 Å². The predicted molar refractivity (Wildman–Crippen MR) is 107 cm³/mol. The Morgan fingerprint density at radius 1 is 0.857 bits per heavy atom. The lowest BCUT2D eigenvalue weighted by molar-refractivity contribution is -0.152. The summed E-state index contributed by atoms with van der Waals surface area (Å²) in [4.78, 5) is 24.6. The smallest absolute Gasteiger partial charge is 0.331 e. The lowest BCUT2D eigenvalue weighted by Crippen LogP contribution is -2.38. The minimum atomic E-state index is -0.424. The van der Waals surface area contributed by atoms with E-state index in [1.807, 2.05) is 0 Å². The third-order valence-electron chi connectivity index (χ3n) is 10.2. The standard InChI is InChI=1S/C24H36O4/c1-21(2)15-9-12-24(21,6)18(13-15)28-20(26)8-7-19(25)27-17-14-23(5)11-10-16(17)22(23,3)4/h7-8,15-18H,9-14H2,1-6H3/b8-7-/t15-,16-,17-,18-,23+,24+/m0/s1. The molecule has 0 aromatic heterocycles. The van der Waals surface area contributed by atoms with E-state index in [1.54, 1.807) is 0 Å². The van der Waals surface area contributed by atoms with Gasteiger partial charge in [-0.05, 0) is 60.7 Å². The van der Waals surface area contributed by atoms with Crippen molar-refractivity contribution >= 4 is 11.9 Å². The molecule has 0 radical (unpaired) electrons. The molecule has 0 unspecified atom stereocenters. The maximum Gasteiger partial charge on any atom is 0.331 e. The van der Waals surface area contributed by atoms with Gasteiger partial charge in [0.05, 0.1) is 0 Å². The van der Waals surface area contributed by atoms with Crippen LogP contribution in [0.2, 0.25) is 0 Å². The van der Waals surface area contributed by atoms with Gasteiger partial charge in [-0.3, -0.25) is 0 Å². The van der Waals surface area contributed by atoms with E-state index in [1.165, 1.54) is 25.0 Å². The van der Waals surface area contributed by atoms with Gasteiger partial charge in [0.15, 0.2) is 0 Å². The van der Waals surface area contributed by atoms with E-state index in [4.69, 9.17) is 9.47 Å². The highest BCUT2D eigenvalue weighted by Crippen LogP contribution is 2.67. The molecular formula is C24H36O4. The highest BCUT2D eigenvalue weighted by molar-refractivity contribution is 5.91. The van der Waals surface area contributed by atoms with E-state index in [0.29, 0.717) is 11.8 Å². The predicted octanol–water partition coefficient (Wildman–Crippen LogP) is 5.06. The first kappa shape index (κ1) is 20.0. The molecule has 4 aliphatic carbocycles. The van der Waals surface area contributed by atoms with Crippen LogP contribution in [0.3, 0.4) is 0 Å². The highest BCUT2D eigenvalue weighted by atomic mass is 16.6. The summed E-state index contributed by atoms with van der Waals surface area (Å²) < 4.78 is 11.5. The fourth-order valence-corrected chi connectivity index (χ4v) is 7.14. The van der Waals surface area contributed by atoms with Crippen LogP contribution < -0.4 is 0 Å². The molecule has 0 aliphatic heterocycles. The second-order valence-electron chi connectivity index (χ2n) is 11.5. The van der Waals surface area contributed by atoms with Crippen molar-refractivity contribution in [3.8, 4) is 0 Å². The average molecular weight is 389 g/mol. The van der Waals surface area contributed by atoms with Crippen LogP contribution in [0.25, 0.3) is 0 Å². The second kappa shape index (κ2) is 6.09. The van der Waals surface area contributed by atoms with Gasteiger partial charge in [0.1, 0.15) is 12.2 Å². The van der Waals surface area contributed by atoms with Crippen LogP contribution in [0.4, 0.5) is 0 Å². The highest BCUT2D eigenvalue weighted by Gasteiger charge is 2.63. The number of hydrogen-bond donors (Lipinski definition) is 0. The number of fused-ring (bicyclic) bond motifs is 4. The van der Waals surface area contributed by atoms with Gasteiger partial charge in [-0.25, -0.2) is 9.59 Å². The molecule has 0 amide bonds. The molecule has 4 bridgehead atoms. The lowest BCUT2D eigenvalue weighted by atomic mass is 9.70. The third-order valence-corrected chi connectivity index (χ3v) is 10.2. The average Bonchev–Trinajstić information content (AvgIpc) is 3.11. The molecule has 4 rings (SSSR count).